The highest BCUT2D eigenvalue weighted by Gasteiger charge is 2.22. The van der Waals surface area contributed by atoms with Gasteiger partial charge in [-0.25, -0.2) is 4.79 Å². The first-order chi connectivity index (χ1) is 14.5. The van der Waals surface area contributed by atoms with Crippen LogP contribution in [0, 0.1) is 0 Å². The number of likely N-dealkylation sites (tertiary alicyclic amines) is 1. The molecule has 2 aromatic rings. The van der Waals surface area contributed by atoms with Gasteiger partial charge in [-0.2, -0.15) is 15.4 Å². The molecule has 1 aliphatic rings. The van der Waals surface area contributed by atoms with E-state index in [2.05, 4.69) is 20.7 Å². The number of aromatic nitrogens is 3. The van der Waals surface area contributed by atoms with Crippen LogP contribution in [0.25, 0.3) is 0 Å². The lowest BCUT2D eigenvalue weighted by Gasteiger charge is -2.21. The predicted molar refractivity (Wildman–Crippen MR) is 113 cm³/mol. The quantitative estimate of drug-likeness (QED) is 0.664. The minimum absolute atomic E-state index is 0.0200. The van der Waals surface area contributed by atoms with Gasteiger partial charge < -0.3 is 15.0 Å². The Morgan fingerprint density at radius 1 is 1.20 bits per heavy atom. The van der Waals surface area contributed by atoms with Crippen LogP contribution in [-0.2, 0) is 22.6 Å². The number of aromatic amines is 1. The Kier molecular flexibility index (Phi) is 8.33. The van der Waals surface area contributed by atoms with Gasteiger partial charge in [-0.05, 0) is 55.9 Å². The fourth-order valence-corrected chi connectivity index (χ4v) is 4.04. The number of ether oxygens (including phenoxy) is 1. The summed E-state index contributed by atoms with van der Waals surface area (Å²) in [5.41, 5.74) is 1.59. The van der Waals surface area contributed by atoms with Crippen molar-refractivity contribution < 1.29 is 14.3 Å². The maximum absolute atomic E-state index is 12.5. The average Bonchev–Trinajstić information content (AvgIpc) is 3.10. The molecule has 8 nitrogen and oxygen atoms in total. The fourth-order valence-electron chi connectivity index (χ4n) is 3.47. The van der Waals surface area contributed by atoms with Crippen LogP contribution in [0.4, 0.5) is 4.79 Å². The maximum atomic E-state index is 12.5. The molecule has 2 amide bonds. The third kappa shape index (κ3) is 7.18. The lowest BCUT2D eigenvalue weighted by Crippen LogP contribution is -2.37. The van der Waals surface area contributed by atoms with E-state index >= 15 is 0 Å². The van der Waals surface area contributed by atoms with Crippen molar-refractivity contribution in [2.45, 2.75) is 51.2 Å². The summed E-state index contributed by atoms with van der Waals surface area (Å²) >= 11 is 11.9. The summed E-state index contributed by atoms with van der Waals surface area (Å²) in [5, 5.41) is 14.2. The van der Waals surface area contributed by atoms with Crippen LogP contribution in [0.2, 0.25) is 10.0 Å². The van der Waals surface area contributed by atoms with Crippen molar-refractivity contribution in [1.29, 1.82) is 0 Å². The molecule has 2 N–H and O–H groups in total. The van der Waals surface area contributed by atoms with Crippen LogP contribution >= 0.6 is 23.2 Å². The molecule has 0 spiro atoms. The number of amides is 2. The van der Waals surface area contributed by atoms with Gasteiger partial charge in [0, 0.05) is 35.6 Å². The van der Waals surface area contributed by atoms with Crippen LogP contribution in [0.3, 0.4) is 0 Å². The van der Waals surface area contributed by atoms with Gasteiger partial charge in [-0.15, -0.1) is 0 Å². The fraction of sp³-hybridized carbons (Fsp3) is 0.500. The van der Waals surface area contributed by atoms with Crippen molar-refractivity contribution in [2.24, 2.45) is 0 Å². The van der Waals surface area contributed by atoms with Crippen LogP contribution < -0.4 is 5.32 Å². The number of H-pyrrole nitrogens is 1. The van der Waals surface area contributed by atoms with Crippen molar-refractivity contribution in [2.75, 3.05) is 13.1 Å². The molecule has 1 fully saturated rings. The zero-order valence-corrected chi connectivity index (χ0v) is 18.1. The molecule has 0 aliphatic carbocycles. The van der Waals surface area contributed by atoms with E-state index in [4.69, 9.17) is 27.9 Å². The van der Waals surface area contributed by atoms with Gasteiger partial charge in [0.15, 0.2) is 0 Å². The highest BCUT2D eigenvalue weighted by molar-refractivity contribution is 6.34. The molecule has 2 heterocycles. The van der Waals surface area contributed by atoms with Gasteiger partial charge in [0.25, 0.3) is 0 Å². The Bertz CT molecular complexity index is 827. The summed E-state index contributed by atoms with van der Waals surface area (Å²) in [6.45, 7) is 1.42. The average molecular weight is 454 g/mol. The van der Waals surface area contributed by atoms with Gasteiger partial charge in [-0.1, -0.05) is 23.2 Å². The number of nitrogens with zero attached hydrogens (tertiary/aromatic N) is 3. The summed E-state index contributed by atoms with van der Waals surface area (Å²) in [7, 11) is 0. The molecule has 1 saturated heterocycles. The molecule has 30 heavy (non-hydrogen) atoms. The second-order valence-corrected chi connectivity index (χ2v) is 8.19. The Labute approximate surface area is 185 Å². The Morgan fingerprint density at radius 2 is 2.00 bits per heavy atom. The van der Waals surface area contributed by atoms with Gasteiger partial charge in [0.1, 0.15) is 6.61 Å². The summed E-state index contributed by atoms with van der Waals surface area (Å²) in [4.78, 5) is 26.5. The minimum atomic E-state index is -0.483. The van der Waals surface area contributed by atoms with Gasteiger partial charge in [0.05, 0.1) is 11.9 Å². The van der Waals surface area contributed by atoms with Crippen molar-refractivity contribution >= 4 is 35.2 Å². The summed E-state index contributed by atoms with van der Waals surface area (Å²) in [5.74, 6) is 0.138. The topological polar surface area (TPSA) is 100 Å². The molecule has 162 valence electrons. The highest BCUT2D eigenvalue weighted by atomic mass is 35.5. The second-order valence-electron chi connectivity index (χ2n) is 7.32. The number of carbonyl (C=O) groups excluding carboxylic acids is 2. The number of aryl methyl sites for hydroxylation is 1. The number of carbonyl (C=O) groups is 2. The lowest BCUT2D eigenvalue weighted by molar-refractivity contribution is -0.131. The van der Waals surface area contributed by atoms with E-state index in [-0.39, 0.29) is 18.6 Å². The zero-order chi connectivity index (χ0) is 21.3. The number of hydrogen-bond acceptors (Lipinski definition) is 5. The van der Waals surface area contributed by atoms with Crippen molar-refractivity contribution in [3.63, 3.8) is 0 Å². The molecular weight excluding hydrogens is 429 g/mol. The number of alkyl carbamates (subject to hydrolysis) is 1. The smallest absolute Gasteiger partial charge is 0.407 e. The zero-order valence-electron chi connectivity index (χ0n) is 16.6. The number of nitrogens with one attached hydrogen (secondary N) is 2. The van der Waals surface area contributed by atoms with Crippen molar-refractivity contribution in [1.82, 2.24) is 25.6 Å². The molecule has 1 unspecified atom stereocenters. The first kappa shape index (κ1) is 22.4. The van der Waals surface area contributed by atoms with E-state index in [0.717, 1.165) is 36.9 Å². The lowest BCUT2D eigenvalue weighted by atomic mass is 10.1. The predicted octanol–water partition coefficient (Wildman–Crippen LogP) is 3.74. The van der Waals surface area contributed by atoms with E-state index in [1.54, 1.807) is 24.4 Å². The molecule has 1 aliphatic heterocycles. The number of hydrogen-bond donors (Lipinski definition) is 2. The molecular formula is C20H25Cl2N5O3. The Morgan fingerprint density at radius 3 is 2.73 bits per heavy atom. The summed E-state index contributed by atoms with van der Waals surface area (Å²) < 4.78 is 5.28. The van der Waals surface area contributed by atoms with Crippen LogP contribution in [0.1, 0.15) is 43.4 Å². The SMILES string of the molecule is O=C(NC1CCCN(C(=O)CCCc2cn[nH]n2)CC1)OCc1cc(Cl)cc(Cl)c1. The monoisotopic (exact) mass is 453 g/mol. The molecule has 0 saturated carbocycles. The van der Waals surface area contributed by atoms with E-state index in [1.165, 1.54) is 0 Å². The molecule has 10 heteroatoms. The molecule has 3 rings (SSSR count). The van der Waals surface area contributed by atoms with Gasteiger partial charge in [-0.3, -0.25) is 4.79 Å². The Balaban J connectivity index is 1.37. The summed E-state index contributed by atoms with van der Waals surface area (Å²) in [6, 6.07) is 5.02. The number of rotatable bonds is 7. The van der Waals surface area contributed by atoms with E-state index in [9.17, 15) is 9.59 Å². The van der Waals surface area contributed by atoms with Crippen molar-refractivity contribution in [3.8, 4) is 0 Å². The maximum Gasteiger partial charge on any atom is 0.407 e. The standard InChI is InChI=1S/C20H25Cl2N5O3/c21-15-9-14(10-16(22)11-15)13-30-20(29)24-17-4-2-7-27(8-6-17)19(28)5-1-3-18-12-23-26-25-18/h9-12,17H,1-8,13H2,(H,24,29)(H,23,25,26). The van der Waals surface area contributed by atoms with Gasteiger partial charge in [0.2, 0.25) is 5.91 Å². The molecule has 1 aromatic heterocycles. The largest absolute Gasteiger partial charge is 0.445 e. The normalized spacial score (nSPS) is 16.7. The van der Waals surface area contributed by atoms with Crippen LogP contribution in [-0.4, -0.2) is 51.4 Å². The van der Waals surface area contributed by atoms with E-state index < -0.39 is 6.09 Å². The third-order valence-corrected chi connectivity index (χ3v) is 5.42. The van der Waals surface area contributed by atoms with E-state index in [0.29, 0.717) is 36.0 Å². The number of halogens is 2. The first-order valence-electron chi connectivity index (χ1n) is 10.0. The van der Waals surface area contributed by atoms with Crippen molar-refractivity contribution in [3.05, 3.63) is 45.7 Å². The first-order valence-corrected chi connectivity index (χ1v) is 10.8. The minimum Gasteiger partial charge on any atom is -0.445 e. The summed E-state index contributed by atoms with van der Waals surface area (Å²) in [6.07, 6.45) is 5.48. The Hall–Kier alpha value is -2.32. The second kappa shape index (κ2) is 11.2. The molecule has 1 aromatic carbocycles. The van der Waals surface area contributed by atoms with Crippen LogP contribution in [0.15, 0.2) is 24.4 Å². The highest BCUT2D eigenvalue weighted by Crippen LogP contribution is 2.20. The molecule has 0 radical (unpaired) electrons. The van der Waals surface area contributed by atoms with Gasteiger partial charge >= 0.3 is 6.09 Å². The van der Waals surface area contributed by atoms with Crippen LogP contribution in [0.5, 0.6) is 0 Å². The molecule has 1 atom stereocenters. The third-order valence-electron chi connectivity index (χ3n) is 4.98. The molecule has 0 bridgehead atoms. The van der Waals surface area contributed by atoms with E-state index in [1.807, 2.05) is 4.90 Å². The number of benzene rings is 1.